The fourth-order valence-electron chi connectivity index (χ4n) is 3.56. The summed E-state index contributed by atoms with van der Waals surface area (Å²) in [5, 5.41) is 5.45. The average Bonchev–Trinajstić information content (AvgIpc) is 2.81. The second kappa shape index (κ2) is 10.2. The van der Waals surface area contributed by atoms with E-state index in [-0.39, 0.29) is 11.2 Å². The number of carbonyl (C=O) groups excluding carboxylic acids is 1. The fourth-order valence-corrected chi connectivity index (χ4v) is 4.37. The Morgan fingerprint density at radius 1 is 1.06 bits per heavy atom. The van der Waals surface area contributed by atoms with E-state index < -0.39 is 21.9 Å². The maximum absolute atomic E-state index is 12.7. The molecule has 3 rings (SSSR count). The molecule has 2 aromatic carbocycles. The van der Waals surface area contributed by atoms with Crippen molar-refractivity contribution in [3.8, 4) is 11.5 Å². The predicted octanol–water partition coefficient (Wildman–Crippen LogP) is 2.75. The van der Waals surface area contributed by atoms with Crippen LogP contribution in [-0.4, -0.2) is 51.2 Å². The third-order valence-electron chi connectivity index (χ3n) is 5.23. The van der Waals surface area contributed by atoms with E-state index in [2.05, 4.69) is 9.82 Å². The number of anilines is 1. The number of aromatic nitrogens is 2. The Bertz CT molecular complexity index is 1440. The summed E-state index contributed by atoms with van der Waals surface area (Å²) in [6.07, 6.45) is -0.706. The van der Waals surface area contributed by atoms with Crippen molar-refractivity contribution in [2.75, 3.05) is 25.6 Å². The first-order valence-electron chi connectivity index (χ1n) is 11.0. The van der Waals surface area contributed by atoms with Gasteiger partial charge in [-0.1, -0.05) is 12.1 Å². The highest BCUT2D eigenvalue weighted by Crippen LogP contribution is 2.32. The number of hydrogen-bond donors (Lipinski definition) is 1. The molecule has 0 saturated carbocycles. The molecule has 1 amide bonds. The molecule has 0 unspecified atom stereocenters. The van der Waals surface area contributed by atoms with Crippen molar-refractivity contribution < 1.29 is 27.4 Å². The number of benzene rings is 2. The number of methoxy groups -OCH3 is 2. The minimum absolute atomic E-state index is 0.104. The number of ether oxygens (including phenoxy) is 3. The van der Waals surface area contributed by atoms with Crippen LogP contribution in [0.2, 0.25) is 0 Å². The molecule has 0 bridgehead atoms. The maximum Gasteiger partial charge on any atom is 0.429 e. The van der Waals surface area contributed by atoms with Gasteiger partial charge in [0.2, 0.25) is 0 Å². The van der Waals surface area contributed by atoms with Gasteiger partial charge in [0.05, 0.1) is 31.0 Å². The molecule has 1 aromatic heterocycles. The smallest absolute Gasteiger partial charge is 0.429 e. The Morgan fingerprint density at radius 3 is 2.11 bits per heavy atom. The van der Waals surface area contributed by atoms with Gasteiger partial charge in [0.1, 0.15) is 5.60 Å². The van der Waals surface area contributed by atoms with Crippen LogP contribution in [0.3, 0.4) is 0 Å². The quantitative estimate of drug-likeness (QED) is 0.506. The van der Waals surface area contributed by atoms with Crippen LogP contribution >= 0.6 is 0 Å². The first-order valence-corrected chi connectivity index (χ1v) is 12.4. The van der Waals surface area contributed by atoms with Gasteiger partial charge in [-0.25, -0.2) is 14.2 Å². The normalized spacial score (nSPS) is 11.9. The van der Waals surface area contributed by atoms with Gasteiger partial charge in [-0.3, -0.25) is 4.79 Å². The van der Waals surface area contributed by atoms with Crippen LogP contribution in [0.4, 0.5) is 10.5 Å². The molecule has 3 aromatic rings. The molecular formula is C24H30N4O7S. The van der Waals surface area contributed by atoms with Crippen molar-refractivity contribution in [1.29, 1.82) is 0 Å². The number of fused-ring (bicyclic) bond motifs is 1. The van der Waals surface area contributed by atoms with Crippen molar-refractivity contribution in [2.24, 2.45) is 7.05 Å². The monoisotopic (exact) mass is 518 g/mol. The second-order valence-electron chi connectivity index (χ2n) is 8.93. The molecule has 11 nitrogen and oxygen atoms in total. The molecule has 1 N–H and O–H groups in total. The minimum atomic E-state index is -4.18. The summed E-state index contributed by atoms with van der Waals surface area (Å²) in [4.78, 5) is 25.4. The van der Waals surface area contributed by atoms with Gasteiger partial charge in [-0.2, -0.15) is 17.8 Å². The molecule has 0 radical (unpaired) electrons. The fraction of sp³-hybridized carbons (Fsp3) is 0.375. The summed E-state index contributed by atoms with van der Waals surface area (Å²) in [5.41, 5.74) is 0.306. The topological polar surface area (TPSA) is 129 Å². The lowest BCUT2D eigenvalue weighted by molar-refractivity contribution is 0.0608. The SMILES string of the molecule is CNS(=O)(=O)N(C(=O)OC(C)(C)C)c1ccc(Cc2nn(C)c(=O)c3cc(OC)c(OC)cc23)cc1. The molecule has 12 heteroatoms. The summed E-state index contributed by atoms with van der Waals surface area (Å²) < 4.78 is 45.1. The molecule has 0 aliphatic heterocycles. The van der Waals surface area contributed by atoms with E-state index in [1.54, 1.807) is 52.1 Å². The standard InChI is InChI=1S/C24H30N4O7S/c1-24(2,3)35-23(30)28(36(31,32)25-4)16-10-8-15(9-11-16)12-19-17-13-20(33-6)21(34-7)14-18(17)22(29)27(5)26-19/h8-11,13-14,25H,12H2,1-7H3. The Hall–Kier alpha value is -3.64. The van der Waals surface area contributed by atoms with E-state index in [9.17, 15) is 18.0 Å². The van der Waals surface area contributed by atoms with Crippen molar-refractivity contribution in [1.82, 2.24) is 14.5 Å². The van der Waals surface area contributed by atoms with Gasteiger partial charge in [0.15, 0.2) is 11.5 Å². The summed E-state index contributed by atoms with van der Waals surface area (Å²) in [5.74, 6) is 0.888. The van der Waals surface area contributed by atoms with Crippen LogP contribution in [-0.2, 0) is 28.4 Å². The lowest BCUT2D eigenvalue weighted by Crippen LogP contribution is -2.45. The Morgan fingerprint density at radius 2 is 1.61 bits per heavy atom. The first-order chi connectivity index (χ1) is 16.8. The van der Waals surface area contributed by atoms with Crippen molar-refractivity contribution in [3.63, 3.8) is 0 Å². The van der Waals surface area contributed by atoms with Gasteiger partial charge in [0, 0.05) is 25.9 Å². The van der Waals surface area contributed by atoms with Crippen molar-refractivity contribution in [3.05, 3.63) is 58.0 Å². The molecule has 0 spiro atoms. The molecule has 194 valence electrons. The number of carbonyl (C=O) groups is 1. The van der Waals surface area contributed by atoms with E-state index in [1.165, 1.54) is 38.1 Å². The Kier molecular flexibility index (Phi) is 7.60. The van der Waals surface area contributed by atoms with E-state index in [1.807, 2.05) is 0 Å². The Balaban J connectivity index is 2.03. The van der Waals surface area contributed by atoms with Crippen molar-refractivity contribution in [2.45, 2.75) is 32.8 Å². The van der Waals surface area contributed by atoms with Crippen LogP contribution in [0.5, 0.6) is 11.5 Å². The predicted molar refractivity (Wildman–Crippen MR) is 136 cm³/mol. The zero-order valence-corrected chi connectivity index (χ0v) is 22.1. The van der Waals surface area contributed by atoms with Crippen LogP contribution in [0.15, 0.2) is 41.2 Å². The third-order valence-corrected chi connectivity index (χ3v) is 6.59. The number of nitrogens with one attached hydrogen (secondary N) is 1. The zero-order chi connectivity index (χ0) is 26.8. The molecule has 0 aliphatic carbocycles. The number of hydrogen-bond acceptors (Lipinski definition) is 8. The lowest BCUT2D eigenvalue weighted by Gasteiger charge is -2.26. The Labute approximate surface area is 209 Å². The van der Waals surface area contributed by atoms with Crippen molar-refractivity contribution >= 4 is 32.8 Å². The molecule has 0 atom stereocenters. The number of aryl methyl sites for hydroxylation is 1. The van der Waals surface area contributed by atoms with E-state index in [0.717, 1.165) is 5.56 Å². The van der Waals surface area contributed by atoms with E-state index >= 15 is 0 Å². The molecule has 0 fully saturated rings. The van der Waals surface area contributed by atoms with Gasteiger partial charge in [-0.15, -0.1) is 0 Å². The molecule has 0 saturated heterocycles. The summed E-state index contributed by atoms with van der Waals surface area (Å²) in [6, 6.07) is 9.68. The minimum Gasteiger partial charge on any atom is -0.493 e. The largest absolute Gasteiger partial charge is 0.493 e. The molecule has 0 aliphatic rings. The highest BCUT2D eigenvalue weighted by atomic mass is 32.2. The first kappa shape index (κ1) is 27.0. The summed E-state index contributed by atoms with van der Waals surface area (Å²) >= 11 is 0. The van der Waals surface area contributed by atoms with Gasteiger partial charge in [0.25, 0.3) is 5.56 Å². The number of rotatable bonds is 7. The van der Waals surface area contributed by atoms with E-state index in [0.29, 0.717) is 38.7 Å². The van der Waals surface area contributed by atoms with Crippen LogP contribution in [0.25, 0.3) is 10.8 Å². The van der Waals surface area contributed by atoms with Crippen LogP contribution < -0.4 is 24.1 Å². The van der Waals surface area contributed by atoms with Gasteiger partial charge >= 0.3 is 16.3 Å². The molecule has 1 heterocycles. The number of nitrogens with zero attached hydrogens (tertiary/aromatic N) is 3. The molecule has 36 heavy (non-hydrogen) atoms. The highest BCUT2D eigenvalue weighted by Gasteiger charge is 2.32. The lowest BCUT2D eigenvalue weighted by atomic mass is 10.0. The van der Waals surface area contributed by atoms with Crippen LogP contribution in [0.1, 0.15) is 32.0 Å². The third kappa shape index (κ3) is 5.60. The zero-order valence-electron chi connectivity index (χ0n) is 21.3. The van der Waals surface area contributed by atoms with Crippen LogP contribution in [0, 0.1) is 0 Å². The number of amides is 1. The maximum atomic E-state index is 12.7. The van der Waals surface area contributed by atoms with Gasteiger partial charge < -0.3 is 14.2 Å². The summed E-state index contributed by atoms with van der Waals surface area (Å²) in [6.45, 7) is 4.94. The second-order valence-corrected chi connectivity index (χ2v) is 10.6. The summed E-state index contributed by atoms with van der Waals surface area (Å²) in [7, 11) is 1.59. The molecular weight excluding hydrogens is 488 g/mol. The highest BCUT2D eigenvalue weighted by molar-refractivity contribution is 7.91. The van der Waals surface area contributed by atoms with E-state index in [4.69, 9.17) is 14.2 Å². The van der Waals surface area contributed by atoms with Gasteiger partial charge in [-0.05, 0) is 50.6 Å². The average molecular weight is 519 g/mol.